The van der Waals surface area contributed by atoms with Gasteiger partial charge in [0, 0.05) is 25.2 Å². The Bertz CT molecular complexity index is 655. The summed E-state index contributed by atoms with van der Waals surface area (Å²) >= 11 is 4.45. The predicted molar refractivity (Wildman–Crippen MR) is 97.4 cm³/mol. The molecule has 2 aromatic heterocycles. The smallest absolute Gasteiger partial charge is 0.137 e. The van der Waals surface area contributed by atoms with Crippen molar-refractivity contribution in [2.45, 2.75) is 43.9 Å². The molecule has 0 bridgehead atoms. The van der Waals surface area contributed by atoms with Gasteiger partial charge in [-0.05, 0) is 58.0 Å². The summed E-state index contributed by atoms with van der Waals surface area (Å²) in [4.78, 5) is 10.6. The number of aliphatic hydroxyl groups is 1. The van der Waals surface area contributed by atoms with Crippen molar-refractivity contribution >= 4 is 51.0 Å². The highest BCUT2D eigenvalue weighted by molar-refractivity contribution is 14.1. The van der Waals surface area contributed by atoms with Crippen molar-refractivity contribution in [3.8, 4) is 0 Å². The number of carbonyl (C=O) groups excluding carboxylic acids is 1. The maximum atomic E-state index is 10.6. The number of rotatable bonds is 2. The number of Topliss-reactive ketones (excluding diaryl/α,β-unsaturated/α-hetero) is 1. The number of aliphatic hydroxyl groups excluding tert-OH is 1. The van der Waals surface area contributed by atoms with E-state index in [0.29, 0.717) is 30.7 Å². The van der Waals surface area contributed by atoms with Crippen molar-refractivity contribution in [3.05, 3.63) is 31.9 Å². The lowest BCUT2D eigenvalue weighted by atomic mass is 9.90. The lowest BCUT2D eigenvalue weighted by Gasteiger charge is -2.31. The first-order valence-corrected chi connectivity index (χ1v) is 9.26. The van der Waals surface area contributed by atoms with Crippen molar-refractivity contribution in [1.82, 2.24) is 19.6 Å². The van der Waals surface area contributed by atoms with Gasteiger partial charge in [-0.15, -0.1) is 0 Å². The molecule has 2 aromatic rings. The number of halogens is 2. The Kier molecular flexibility index (Phi) is 5.17. The molecule has 0 unspecified atom stereocenters. The molecule has 1 N–H and O–H groups in total. The van der Waals surface area contributed by atoms with E-state index < -0.39 is 0 Å². The van der Waals surface area contributed by atoms with Crippen molar-refractivity contribution in [2.75, 3.05) is 0 Å². The van der Waals surface area contributed by atoms with E-state index in [1.807, 2.05) is 34.2 Å². The van der Waals surface area contributed by atoms with Gasteiger partial charge in [-0.2, -0.15) is 10.2 Å². The fraction of sp³-hybridized carbons (Fsp3) is 0.500. The molecular weight excluding hydrogens is 510 g/mol. The van der Waals surface area contributed by atoms with Crippen LogP contribution in [0.25, 0.3) is 0 Å². The molecule has 4 rings (SSSR count). The van der Waals surface area contributed by atoms with E-state index in [9.17, 15) is 4.79 Å². The van der Waals surface area contributed by atoms with Crippen LogP contribution in [0.3, 0.4) is 0 Å². The van der Waals surface area contributed by atoms with E-state index >= 15 is 0 Å². The second-order valence-electron chi connectivity index (χ2n) is 5.66. The lowest BCUT2D eigenvalue weighted by Crippen LogP contribution is -2.30. The zero-order valence-electron chi connectivity index (χ0n) is 11.8. The number of hydrogen-bond acceptors (Lipinski definition) is 4. The summed E-state index contributed by atoms with van der Waals surface area (Å²) in [5.41, 5.74) is 0. The van der Waals surface area contributed by atoms with E-state index in [0.717, 1.165) is 20.0 Å². The first-order valence-electron chi connectivity index (χ1n) is 7.10. The maximum Gasteiger partial charge on any atom is 0.137 e. The van der Waals surface area contributed by atoms with Crippen LogP contribution >= 0.6 is 45.2 Å². The van der Waals surface area contributed by atoms with Gasteiger partial charge in [0.25, 0.3) is 0 Å². The van der Waals surface area contributed by atoms with Crippen LogP contribution in [0.5, 0.6) is 0 Å². The third-order valence-electron chi connectivity index (χ3n) is 3.90. The first kappa shape index (κ1) is 16.4. The fourth-order valence-electron chi connectivity index (χ4n) is 2.46. The predicted octanol–water partition coefficient (Wildman–Crippen LogP) is 2.58. The van der Waals surface area contributed by atoms with Gasteiger partial charge in [0.05, 0.1) is 37.7 Å². The fourth-order valence-corrected chi connectivity index (χ4v) is 3.28. The van der Waals surface area contributed by atoms with Crippen LogP contribution < -0.4 is 0 Å². The molecule has 0 saturated heterocycles. The topological polar surface area (TPSA) is 72.9 Å². The minimum absolute atomic E-state index is 0.0955. The number of nitrogens with zero attached hydrogens (tertiary/aromatic N) is 4. The highest BCUT2D eigenvalue weighted by Gasteiger charge is 2.29. The quantitative estimate of drug-likeness (QED) is 0.612. The number of hydrogen-bond donors (Lipinski definition) is 1. The Balaban J connectivity index is 0.000000131. The highest BCUT2D eigenvalue weighted by atomic mass is 127. The van der Waals surface area contributed by atoms with Gasteiger partial charge in [-0.3, -0.25) is 14.2 Å². The summed E-state index contributed by atoms with van der Waals surface area (Å²) in [6.07, 6.45) is 10.6. The van der Waals surface area contributed by atoms with E-state index in [1.165, 1.54) is 0 Å². The Morgan fingerprint density at radius 1 is 1.00 bits per heavy atom. The summed E-state index contributed by atoms with van der Waals surface area (Å²) in [6.45, 7) is 0. The molecular formula is C14H16I2N4O2. The summed E-state index contributed by atoms with van der Waals surface area (Å²) in [7, 11) is 0. The highest BCUT2D eigenvalue weighted by Crippen LogP contribution is 2.31. The van der Waals surface area contributed by atoms with Gasteiger partial charge < -0.3 is 5.11 Å². The third-order valence-corrected chi connectivity index (χ3v) is 5.02. The van der Waals surface area contributed by atoms with E-state index in [4.69, 9.17) is 5.11 Å². The molecule has 2 heterocycles. The van der Waals surface area contributed by atoms with Gasteiger partial charge in [0.15, 0.2) is 0 Å². The number of ketones is 1. The minimum atomic E-state index is -0.0955. The zero-order chi connectivity index (χ0) is 15.7. The number of carbonyl (C=O) groups is 1. The van der Waals surface area contributed by atoms with E-state index in [1.54, 1.807) is 0 Å². The zero-order valence-corrected chi connectivity index (χ0v) is 16.1. The molecule has 0 radical (unpaired) electrons. The molecule has 118 valence electrons. The van der Waals surface area contributed by atoms with Crippen LogP contribution in [-0.2, 0) is 4.79 Å². The Labute approximate surface area is 155 Å². The first-order chi connectivity index (χ1) is 10.5. The SMILES string of the molecule is O=C1CC(n2cc(I)cn2)C1.OC1CC(n2cc(I)cn2)C1. The second kappa shape index (κ2) is 6.95. The average Bonchev–Trinajstić information content (AvgIpc) is 3.01. The van der Waals surface area contributed by atoms with E-state index in [-0.39, 0.29) is 6.10 Å². The molecule has 2 saturated carbocycles. The summed E-state index contributed by atoms with van der Waals surface area (Å²) in [5.74, 6) is 0.348. The summed E-state index contributed by atoms with van der Waals surface area (Å²) in [6, 6.07) is 0.777. The molecule has 6 nitrogen and oxygen atoms in total. The monoisotopic (exact) mass is 526 g/mol. The molecule has 2 fully saturated rings. The molecule has 0 aliphatic heterocycles. The molecule has 0 aromatic carbocycles. The minimum Gasteiger partial charge on any atom is -0.393 e. The van der Waals surface area contributed by atoms with Crippen molar-refractivity contribution < 1.29 is 9.90 Å². The molecule has 0 atom stereocenters. The number of aromatic nitrogens is 4. The van der Waals surface area contributed by atoms with Crippen molar-refractivity contribution in [1.29, 1.82) is 0 Å². The van der Waals surface area contributed by atoms with Crippen LogP contribution in [0.1, 0.15) is 37.8 Å². The summed E-state index contributed by atoms with van der Waals surface area (Å²) in [5, 5.41) is 17.3. The van der Waals surface area contributed by atoms with Crippen molar-refractivity contribution in [3.63, 3.8) is 0 Å². The Morgan fingerprint density at radius 2 is 1.50 bits per heavy atom. The molecule has 2 aliphatic carbocycles. The lowest BCUT2D eigenvalue weighted by molar-refractivity contribution is -0.126. The summed E-state index contributed by atoms with van der Waals surface area (Å²) < 4.78 is 6.10. The normalized spacial score (nSPS) is 24.2. The van der Waals surface area contributed by atoms with Crippen LogP contribution in [0.2, 0.25) is 0 Å². The molecule has 0 amide bonds. The molecule has 0 spiro atoms. The maximum absolute atomic E-state index is 10.6. The van der Waals surface area contributed by atoms with Crippen molar-refractivity contribution in [2.24, 2.45) is 0 Å². The van der Waals surface area contributed by atoms with Gasteiger partial charge in [0.1, 0.15) is 5.78 Å². The van der Waals surface area contributed by atoms with Gasteiger partial charge >= 0.3 is 0 Å². The van der Waals surface area contributed by atoms with Crippen LogP contribution in [0, 0.1) is 7.14 Å². The van der Waals surface area contributed by atoms with Gasteiger partial charge in [-0.1, -0.05) is 0 Å². The van der Waals surface area contributed by atoms with Crippen LogP contribution in [-0.4, -0.2) is 36.6 Å². The average molecular weight is 526 g/mol. The third kappa shape index (κ3) is 3.88. The molecule has 2 aliphatic rings. The van der Waals surface area contributed by atoms with Crippen LogP contribution in [0.15, 0.2) is 24.8 Å². The Morgan fingerprint density at radius 3 is 1.86 bits per heavy atom. The largest absolute Gasteiger partial charge is 0.393 e. The van der Waals surface area contributed by atoms with E-state index in [2.05, 4.69) is 55.4 Å². The molecule has 8 heteroatoms. The standard InChI is InChI=1S/C7H9IN2O.C7H7IN2O/c2*8-5-3-9-10(4-5)6-1-7(11)2-6/h3-4,6-7,11H,1-2H2;3-4,6H,1-2H2. The van der Waals surface area contributed by atoms with Gasteiger partial charge in [0.2, 0.25) is 0 Å². The Hall–Kier alpha value is -0.490. The second-order valence-corrected chi connectivity index (χ2v) is 8.15. The van der Waals surface area contributed by atoms with Crippen LogP contribution in [0.4, 0.5) is 0 Å². The van der Waals surface area contributed by atoms with Gasteiger partial charge in [-0.25, -0.2) is 0 Å². The molecule has 22 heavy (non-hydrogen) atoms.